The van der Waals surface area contributed by atoms with Crippen LogP contribution in [-0.2, 0) is 48.7 Å². The summed E-state index contributed by atoms with van der Waals surface area (Å²) in [7, 11) is -1.31. The zero-order valence-corrected chi connectivity index (χ0v) is 58.4. The molecule has 20 nitrogen and oxygen atoms in total. The molecule has 0 amide bonds. The van der Waals surface area contributed by atoms with Gasteiger partial charge in [-0.15, -0.1) is 23.2 Å². The second-order valence-corrected chi connectivity index (χ2v) is 28.9. The number of anilines is 3. The summed E-state index contributed by atoms with van der Waals surface area (Å²) in [6.07, 6.45) is 10.5. The summed E-state index contributed by atoms with van der Waals surface area (Å²) < 4.78 is 101. The van der Waals surface area contributed by atoms with Crippen LogP contribution in [0.25, 0.3) is 39.5 Å². The molecule has 14 rings (SSSR count). The van der Waals surface area contributed by atoms with Crippen LogP contribution in [0.5, 0.6) is 0 Å². The summed E-state index contributed by atoms with van der Waals surface area (Å²) >= 11 is 13.6. The molecule has 0 spiro atoms. The van der Waals surface area contributed by atoms with E-state index in [9.17, 15) is 13.2 Å². The third-order valence-corrected chi connectivity index (χ3v) is 18.8. The highest BCUT2D eigenvalue weighted by molar-refractivity contribution is 9.10. The fraction of sp³-hybridized carbons (Fsp3) is 0.531. The van der Waals surface area contributed by atoms with Crippen molar-refractivity contribution in [3.05, 3.63) is 114 Å². The van der Waals surface area contributed by atoms with E-state index in [0.717, 1.165) is 116 Å². The molecule has 6 saturated heterocycles. The molecular weight excluding hydrogens is 1310 g/mol. The number of pyridine rings is 3. The molecule has 6 fully saturated rings. The predicted octanol–water partition coefficient (Wildman–Crippen LogP) is 11.6. The Hall–Kier alpha value is -5.42. The van der Waals surface area contributed by atoms with Crippen LogP contribution < -0.4 is 20.2 Å². The van der Waals surface area contributed by atoms with E-state index in [2.05, 4.69) is 93.3 Å². The van der Waals surface area contributed by atoms with Crippen LogP contribution in [0.2, 0.25) is 0 Å². The number of fused-ring (bicyclic) bond motifs is 3. The Morgan fingerprint density at radius 3 is 1.28 bits per heavy atom. The molecule has 0 saturated carbocycles. The lowest BCUT2D eigenvalue weighted by atomic mass is 9.49. The van der Waals surface area contributed by atoms with Crippen molar-refractivity contribution in [2.24, 2.45) is 0 Å². The number of morpholine rings is 3. The Bertz CT molecular complexity index is 3720. The summed E-state index contributed by atoms with van der Waals surface area (Å²) in [5.41, 5.74) is 4.00. The van der Waals surface area contributed by atoms with Gasteiger partial charge in [-0.1, -0.05) is 6.07 Å². The van der Waals surface area contributed by atoms with Crippen molar-refractivity contribution < 1.29 is 55.3 Å². The average molecular weight is 1390 g/mol. The second-order valence-electron chi connectivity index (χ2n) is 26.4. The van der Waals surface area contributed by atoms with Crippen LogP contribution in [0.4, 0.5) is 30.6 Å². The van der Waals surface area contributed by atoms with Crippen LogP contribution in [0.15, 0.2) is 109 Å². The normalized spacial score (nSPS) is 20.4. The Morgan fingerprint density at radius 1 is 0.495 bits per heavy atom. The number of ether oxygens (including phenoxy) is 3. The largest absolute Gasteiger partial charge is 0.496 e. The molecule has 13 heterocycles. The Labute approximate surface area is 562 Å². The monoisotopic (exact) mass is 1390 g/mol. The minimum atomic E-state index is -2.53. The smallest absolute Gasteiger partial charge is 0.405 e. The maximum absolute atomic E-state index is 13.4. The molecule has 7 aromatic heterocycles. The SMILES string of the molecule is Brc1ccc2ncc(N3CCOCC3)n2c1.CC(Cl)Cl.CC1(C)OB(B2OC(C)(C)C(C)(C)O2)OC1(C)C.CC1(C)OB(c2ccc3ncc(N4CCOCC4)n3c2)OC1(C)C.Fc1ccc(-c2ncn(CC(F)F)c2-c2ccc3ncc(N4CCOCC4)n3c2)cc1. The molecule has 0 N–H and O–H groups in total. The van der Waals surface area contributed by atoms with Crippen LogP contribution in [0.3, 0.4) is 0 Å². The fourth-order valence-corrected chi connectivity index (χ4v) is 11.4. The quantitative estimate of drug-likeness (QED) is 0.0990. The van der Waals surface area contributed by atoms with Gasteiger partial charge in [-0.25, -0.2) is 33.1 Å². The minimum Gasteiger partial charge on any atom is -0.405 e. The van der Waals surface area contributed by atoms with E-state index >= 15 is 0 Å². The van der Waals surface area contributed by atoms with Crippen molar-refractivity contribution >= 4 is 100 Å². The van der Waals surface area contributed by atoms with Gasteiger partial charge in [-0.2, -0.15) is 0 Å². The van der Waals surface area contributed by atoms with Gasteiger partial charge in [-0.05, 0) is 166 Å². The molecule has 0 atom stereocenters. The van der Waals surface area contributed by atoms with Gasteiger partial charge in [0.25, 0.3) is 6.43 Å². The van der Waals surface area contributed by atoms with Crippen LogP contribution in [0, 0.1) is 5.82 Å². The van der Waals surface area contributed by atoms with E-state index in [-0.39, 0.29) is 51.4 Å². The van der Waals surface area contributed by atoms with E-state index in [0.29, 0.717) is 30.2 Å². The number of alkyl halides is 4. The predicted molar refractivity (Wildman–Crippen MR) is 364 cm³/mol. The molecule has 6 aliphatic rings. The highest BCUT2D eigenvalue weighted by atomic mass is 79.9. The Kier molecular flexibility index (Phi) is 21.7. The number of benzene rings is 1. The molecule has 1 aromatic carbocycles. The number of rotatable bonds is 9. The van der Waals surface area contributed by atoms with E-state index < -0.39 is 27.0 Å². The fourth-order valence-electron chi connectivity index (χ4n) is 11.0. The van der Waals surface area contributed by atoms with Gasteiger partial charge in [0, 0.05) is 73.5 Å². The molecule has 0 aliphatic carbocycles. The van der Waals surface area contributed by atoms with Crippen molar-refractivity contribution in [1.82, 2.24) is 37.7 Å². The van der Waals surface area contributed by atoms with Gasteiger partial charge in [0.2, 0.25) is 0 Å². The highest BCUT2D eigenvalue weighted by Gasteiger charge is 2.64. The minimum absolute atomic E-state index is 0.222. The first kappa shape index (κ1) is 70.4. The zero-order valence-electron chi connectivity index (χ0n) is 55.3. The average Bonchev–Trinajstić information content (AvgIpc) is 1.63. The summed E-state index contributed by atoms with van der Waals surface area (Å²) in [5.74, 6) is 2.78. The lowest BCUT2D eigenvalue weighted by Crippen LogP contribution is -2.41. The number of imidazole rings is 4. The van der Waals surface area contributed by atoms with Gasteiger partial charge in [0.15, 0.2) is 0 Å². The van der Waals surface area contributed by atoms with Gasteiger partial charge in [0.05, 0.1) is 116 Å². The van der Waals surface area contributed by atoms with Crippen molar-refractivity contribution in [1.29, 1.82) is 0 Å². The summed E-state index contributed by atoms with van der Waals surface area (Å²) in [4.78, 5) is 24.3. The summed E-state index contributed by atoms with van der Waals surface area (Å²) in [5, 5.41) is 0. The standard InChI is InChI=1S/C22H20F3N5O.C17H24BN3O3.C12H24B2O4.C11H12BrN3O.C2H4Cl2/c23-17-4-1-15(2-5-17)21-22(29(14-27-21)13-18(24)25)16-3-6-19-26-11-20(30(19)12-16)28-7-9-31-10-8-28;1-16(2)17(3,4)24-18(23-16)13-5-6-14-19-11-15(21(14)12-13)20-7-9-22-10-8-20;1-9(2)10(3,4)16-13(15-9)14-17-11(5,6)12(7,8)18-14;12-9-1-2-10-13-7-11(15(10)8-9)14-3-5-16-6-4-14;1-2(3)4/h1-6,11-12,14,18H,7-10,13H2;5-6,11-12H,7-10H2,1-4H3;1-8H3;1-2,7-8H,3-6H2;2H,1H3. The maximum atomic E-state index is 13.4. The van der Waals surface area contributed by atoms with E-state index in [1.165, 1.54) is 23.0 Å². The van der Waals surface area contributed by atoms with Gasteiger partial charge >= 0.3 is 21.1 Å². The van der Waals surface area contributed by atoms with Crippen molar-refractivity contribution in [2.45, 2.75) is 141 Å². The van der Waals surface area contributed by atoms with E-state index in [1.54, 1.807) is 19.1 Å². The molecule has 6 aliphatic heterocycles. The zero-order chi connectivity index (χ0) is 66.8. The van der Waals surface area contributed by atoms with Crippen molar-refractivity contribution in [2.75, 3.05) is 93.6 Å². The van der Waals surface area contributed by atoms with Gasteiger partial charge in [-0.3, -0.25) is 13.2 Å². The highest BCUT2D eigenvalue weighted by Crippen LogP contribution is 2.43. The van der Waals surface area contributed by atoms with Crippen LogP contribution in [0.1, 0.15) is 90.0 Å². The number of aromatic nitrogens is 8. The third-order valence-electron chi connectivity index (χ3n) is 18.3. The number of hydrogen-bond donors (Lipinski definition) is 0. The molecule has 500 valence electrons. The molecule has 0 unspecified atom stereocenters. The number of hydrogen-bond acceptors (Lipinski definition) is 16. The van der Waals surface area contributed by atoms with Crippen molar-refractivity contribution in [3.8, 4) is 22.5 Å². The topological polar surface area (TPSA) is 163 Å². The van der Waals surface area contributed by atoms with E-state index in [4.69, 9.17) is 65.3 Å². The third kappa shape index (κ3) is 16.0. The van der Waals surface area contributed by atoms with Crippen molar-refractivity contribution in [3.63, 3.8) is 0 Å². The summed E-state index contributed by atoms with van der Waals surface area (Å²) in [6.45, 7) is 35.2. The second kappa shape index (κ2) is 28.7. The van der Waals surface area contributed by atoms with Crippen LogP contribution in [-0.4, -0.2) is 183 Å². The molecule has 29 heteroatoms. The first-order valence-corrected chi connectivity index (χ1v) is 33.1. The molecule has 0 bridgehead atoms. The number of halogens is 6. The molecule has 0 radical (unpaired) electrons. The number of nitrogens with zero attached hydrogens (tertiary/aromatic N) is 11. The maximum Gasteiger partial charge on any atom is 0.496 e. The molecular formula is C64H84B3BrCl2F3N11O9. The lowest BCUT2D eigenvalue weighted by molar-refractivity contribution is 0.00578. The first-order chi connectivity index (χ1) is 43.9. The molecule has 8 aromatic rings. The molecule has 93 heavy (non-hydrogen) atoms. The van der Waals surface area contributed by atoms with Crippen LogP contribution >= 0.6 is 39.1 Å². The Morgan fingerprint density at radius 2 is 0.860 bits per heavy atom. The van der Waals surface area contributed by atoms with Gasteiger partial charge in [0.1, 0.15) is 45.0 Å². The van der Waals surface area contributed by atoms with E-state index in [1.807, 2.05) is 127 Å². The Balaban J connectivity index is 0.000000137. The summed E-state index contributed by atoms with van der Waals surface area (Å²) in [6, 6.07) is 17.6. The lowest BCUT2D eigenvalue weighted by Gasteiger charge is -2.32. The first-order valence-electron chi connectivity index (χ1n) is 31.4. The van der Waals surface area contributed by atoms with Gasteiger partial charge < -0.3 is 61.4 Å².